The molecule has 13 heteroatoms. The van der Waals surface area contributed by atoms with Gasteiger partial charge in [0.2, 0.25) is 5.91 Å². The van der Waals surface area contributed by atoms with Gasteiger partial charge in [-0.05, 0) is 115 Å². The molecule has 0 aliphatic carbocycles. The molecule has 176 valence electrons. The first kappa shape index (κ1) is 29.9. The summed E-state index contributed by atoms with van der Waals surface area (Å²) in [6.07, 6.45) is 0. The van der Waals surface area contributed by atoms with Gasteiger partial charge in [-0.3, -0.25) is 13.8 Å². The Morgan fingerprint density at radius 3 is 2.22 bits per heavy atom. The van der Waals surface area contributed by atoms with Crippen LogP contribution in [-0.2, 0) is 9.36 Å². The highest BCUT2D eigenvalue weighted by atomic mass is 127. The van der Waals surface area contributed by atoms with E-state index in [0.717, 1.165) is 23.7 Å². The number of alkyl halides is 1. The van der Waals surface area contributed by atoms with Gasteiger partial charge < -0.3 is 10.1 Å². The van der Waals surface area contributed by atoms with Crippen LogP contribution in [0.5, 0.6) is 5.75 Å². The Morgan fingerprint density at radius 2 is 1.72 bits per heavy atom. The zero-order chi connectivity index (χ0) is 25.6. The standard InChI is InChI=1S/C10H7ClINO.C8H8INO.CH3F.Cl3OP/c1-14-9-4-6-2-3-7(12)5-8(6)13-10(9)11;1-6(11)10-8-4-2-3-7(9)5-8;1-2;1-5(2,3)4/h2-5H,1H3;2-5H,1H3,(H,10,11);1H3;/i;;1D;. The van der Waals surface area contributed by atoms with Gasteiger partial charge in [-0.25, -0.2) is 4.98 Å². The maximum absolute atomic E-state index is 10.6. The molecule has 3 rings (SSSR count). The Hall–Kier alpha value is -0.1000. The zero-order valence-electron chi connectivity index (χ0n) is 17.6. The van der Waals surface area contributed by atoms with E-state index in [1.165, 1.54) is 6.92 Å². The summed E-state index contributed by atoms with van der Waals surface area (Å²) < 4.78 is 32.4. The van der Waals surface area contributed by atoms with Crippen LogP contribution in [-0.4, -0.2) is 25.2 Å². The summed E-state index contributed by atoms with van der Waals surface area (Å²) in [5, 5.41) is 0.918. The van der Waals surface area contributed by atoms with E-state index in [9.17, 15) is 13.8 Å². The van der Waals surface area contributed by atoms with Crippen molar-refractivity contribution in [3.8, 4) is 5.75 Å². The molecule has 0 aliphatic rings. The number of amides is 1. The first-order chi connectivity index (χ1) is 15.3. The molecule has 3 aromatic rings. The van der Waals surface area contributed by atoms with Crippen LogP contribution in [0, 0.1) is 7.14 Å². The third kappa shape index (κ3) is 14.9. The van der Waals surface area contributed by atoms with Crippen molar-refractivity contribution in [2.75, 3.05) is 19.6 Å². The number of hydrogen-bond acceptors (Lipinski definition) is 4. The van der Waals surface area contributed by atoms with Crippen molar-refractivity contribution in [1.82, 2.24) is 4.98 Å². The first-order valence-electron chi connectivity index (χ1n) is 8.88. The van der Waals surface area contributed by atoms with Gasteiger partial charge in [0, 0.05) is 25.1 Å². The third-order valence-electron chi connectivity index (χ3n) is 3.07. The molecule has 5 nitrogen and oxygen atoms in total. The van der Waals surface area contributed by atoms with E-state index in [2.05, 4.69) is 89.2 Å². The third-order valence-corrected chi connectivity index (χ3v) is 4.68. The Labute approximate surface area is 234 Å². The topological polar surface area (TPSA) is 68.3 Å². The average molecular weight is 769 g/mol. The molecular weight excluding hydrogens is 750 g/mol. The number of aromatic nitrogens is 1. The summed E-state index contributed by atoms with van der Waals surface area (Å²) in [5.41, 5.74) is 1.74. The van der Waals surface area contributed by atoms with E-state index in [-0.39, 0.29) is 5.91 Å². The maximum Gasteiger partial charge on any atom is 0.339 e. The Morgan fingerprint density at radius 1 is 1.16 bits per heavy atom. The molecule has 0 saturated heterocycles. The molecule has 0 unspecified atom stereocenters. The van der Waals surface area contributed by atoms with E-state index in [1.54, 1.807) is 7.11 Å². The van der Waals surface area contributed by atoms with E-state index in [1.807, 2.05) is 48.5 Å². The van der Waals surface area contributed by atoms with Gasteiger partial charge in [0.15, 0.2) is 10.9 Å². The fourth-order valence-electron chi connectivity index (χ4n) is 2.01. The van der Waals surface area contributed by atoms with Crippen LogP contribution in [0.1, 0.15) is 8.29 Å². The summed E-state index contributed by atoms with van der Waals surface area (Å²) in [4.78, 5) is 14.9. The minimum Gasteiger partial charge on any atom is -0.494 e. The predicted octanol–water partition coefficient (Wildman–Crippen LogP) is 9.15. The number of carbonyl (C=O) groups is 1. The van der Waals surface area contributed by atoms with Gasteiger partial charge in [0.05, 0.1) is 21.2 Å². The number of fused-ring (bicyclic) bond motifs is 1. The molecule has 1 aromatic heterocycles. The van der Waals surface area contributed by atoms with Gasteiger partial charge >= 0.3 is 5.20 Å². The Bertz CT molecular complexity index is 1090. The van der Waals surface area contributed by atoms with Gasteiger partial charge in [-0.15, -0.1) is 0 Å². The van der Waals surface area contributed by atoms with Crippen LogP contribution in [0.15, 0.2) is 48.5 Å². The van der Waals surface area contributed by atoms with Crippen LogP contribution >= 0.6 is 95.7 Å². The highest BCUT2D eigenvalue weighted by Gasteiger charge is 2.05. The lowest BCUT2D eigenvalue weighted by molar-refractivity contribution is -0.114. The predicted molar refractivity (Wildman–Crippen MR) is 152 cm³/mol. The molecule has 0 fully saturated rings. The minimum atomic E-state index is -3.22. The summed E-state index contributed by atoms with van der Waals surface area (Å²) in [6.45, 7) is 1.50. The quantitative estimate of drug-likeness (QED) is 0.161. The zero-order valence-corrected chi connectivity index (χ0v) is 24.8. The van der Waals surface area contributed by atoms with Crippen LogP contribution in [0.3, 0.4) is 0 Å². The summed E-state index contributed by atoms with van der Waals surface area (Å²) in [6, 6.07) is 15.6. The second-order valence-corrected chi connectivity index (χ2v) is 14.9. The number of carbonyl (C=O) groups excluding carboxylic acids is 1. The number of rotatable bonds is 2. The lowest BCUT2D eigenvalue weighted by Gasteiger charge is -2.04. The summed E-state index contributed by atoms with van der Waals surface area (Å²) >= 11 is 24.2. The molecule has 32 heavy (non-hydrogen) atoms. The van der Waals surface area contributed by atoms with Gasteiger partial charge in [0.25, 0.3) is 0 Å². The second kappa shape index (κ2) is 16.5. The number of anilines is 1. The van der Waals surface area contributed by atoms with Crippen molar-refractivity contribution in [3.05, 3.63) is 60.8 Å². The maximum atomic E-state index is 10.6. The lowest BCUT2D eigenvalue weighted by Crippen LogP contribution is -2.05. The number of ether oxygens (including phenoxy) is 1. The van der Waals surface area contributed by atoms with E-state index in [4.69, 9.17) is 17.7 Å². The molecule has 0 bridgehead atoms. The smallest absolute Gasteiger partial charge is 0.339 e. The molecule has 1 amide bonds. The molecule has 1 heterocycles. The van der Waals surface area contributed by atoms with Crippen molar-refractivity contribution in [2.45, 2.75) is 6.92 Å². The number of nitrogens with one attached hydrogen (secondary N) is 1. The van der Waals surface area contributed by atoms with Gasteiger partial charge in [0.1, 0.15) is 0 Å². The minimum absolute atomic E-state index is 0.0352. The molecule has 0 aliphatic heterocycles. The van der Waals surface area contributed by atoms with Crippen LogP contribution < -0.4 is 10.1 Å². The lowest BCUT2D eigenvalue weighted by atomic mass is 10.2. The average Bonchev–Trinajstić information content (AvgIpc) is 2.67. The Kier molecular flexibility index (Phi) is 15.4. The molecule has 0 atom stereocenters. The molecule has 0 spiro atoms. The van der Waals surface area contributed by atoms with Crippen molar-refractivity contribution in [2.24, 2.45) is 0 Å². The number of hydrogen-bond donors (Lipinski definition) is 1. The van der Waals surface area contributed by atoms with E-state index >= 15 is 0 Å². The van der Waals surface area contributed by atoms with Crippen LogP contribution in [0.4, 0.5) is 10.1 Å². The van der Waals surface area contributed by atoms with Crippen molar-refractivity contribution in [1.29, 1.82) is 0 Å². The van der Waals surface area contributed by atoms with Crippen molar-refractivity contribution >= 4 is 118 Å². The largest absolute Gasteiger partial charge is 0.494 e. The van der Waals surface area contributed by atoms with Crippen molar-refractivity contribution in [3.63, 3.8) is 0 Å². The fraction of sp³-hybridized carbons (Fsp3) is 0.158. The molecule has 0 radical (unpaired) electrons. The number of methoxy groups -OCH3 is 1. The monoisotopic (exact) mass is 767 g/mol. The highest BCUT2D eigenvalue weighted by molar-refractivity contribution is 14.1. The van der Waals surface area contributed by atoms with E-state index < -0.39 is 12.4 Å². The molecule has 1 N–H and O–H groups in total. The number of pyridine rings is 1. The molecular formula is C19H18Cl4FI2N2O3P. The second-order valence-electron chi connectivity index (χ2n) is 5.41. The molecule has 0 saturated carbocycles. The molecule has 2 aromatic carbocycles. The number of nitrogens with zero attached hydrogens (tertiary/aromatic N) is 1. The van der Waals surface area contributed by atoms with Gasteiger partial charge in [-0.1, -0.05) is 23.7 Å². The first-order valence-corrected chi connectivity index (χ1v) is 15.1. The summed E-state index contributed by atoms with van der Waals surface area (Å²) in [5.74, 6) is 0.576. The van der Waals surface area contributed by atoms with Crippen LogP contribution in [0.2, 0.25) is 5.15 Å². The SMILES string of the molecule is CC(=O)Nc1cccc(I)c1.COc1cc2ccc(I)cc2nc1Cl.O=P(Cl)(Cl)Cl.[2H]CF. The number of benzene rings is 2. The number of halogens is 7. The van der Waals surface area contributed by atoms with Gasteiger partial charge in [-0.2, -0.15) is 0 Å². The Balaban J connectivity index is 0.000000480. The fourth-order valence-corrected chi connectivity index (χ4v) is 3.25. The normalized spacial score (nSPS) is 10.2. The van der Waals surface area contributed by atoms with E-state index in [0.29, 0.717) is 10.9 Å². The van der Waals surface area contributed by atoms with Crippen molar-refractivity contribution < 1.29 is 19.9 Å². The summed E-state index contributed by atoms with van der Waals surface area (Å²) in [7, 11) is 0.585. The highest BCUT2D eigenvalue weighted by Crippen LogP contribution is 2.61. The van der Waals surface area contributed by atoms with Crippen LogP contribution in [0.25, 0.3) is 10.9 Å².